The fourth-order valence-corrected chi connectivity index (χ4v) is 6.53. The highest BCUT2D eigenvalue weighted by Gasteiger charge is 2.09. The van der Waals surface area contributed by atoms with Gasteiger partial charge in [0.05, 0.1) is 0 Å². The molecule has 0 saturated carbocycles. The first-order chi connectivity index (χ1) is 20.6. The number of hydrogen-bond acceptors (Lipinski definition) is 4. The van der Waals surface area contributed by atoms with E-state index in [1.807, 2.05) is 27.7 Å². The van der Waals surface area contributed by atoms with E-state index in [1.54, 1.807) is 0 Å². The number of aryl methyl sites for hydroxylation is 1. The van der Waals surface area contributed by atoms with E-state index >= 15 is 0 Å². The Morgan fingerprint density at radius 2 is 1.67 bits per heavy atom. The van der Waals surface area contributed by atoms with Crippen molar-refractivity contribution in [1.29, 1.82) is 0 Å². The van der Waals surface area contributed by atoms with Crippen molar-refractivity contribution in [1.82, 2.24) is 0 Å². The molecule has 0 aliphatic rings. The molecular weight excluding hydrogens is 553 g/mol. The number of benzene rings is 2. The number of pyridine rings is 1. The average molecular weight is 599 g/mol. The molecule has 0 radical (unpaired) electrons. The molecule has 0 atom stereocenters. The van der Waals surface area contributed by atoms with E-state index in [0.29, 0.717) is 0 Å². The molecule has 6 heteroatoms. The zero-order chi connectivity index (χ0) is 30.0. The molecule has 0 spiro atoms. The summed E-state index contributed by atoms with van der Waals surface area (Å²) in [6.45, 7) is 14.1. The van der Waals surface area contributed by atoms with Gasteiger partial charge in [-0.3, -0.25) is 0 Å². The summed E-state index contributed by atoms with van der Waals surface area (Å²) in [6, 6.07) is 23.4. The minimum Gasteiger partial charge on any atom is -0.384 e. The maximum Gasteiger partial charge on any atom is 0.205 e. The highest BCUT2D eigenvalue weighted by atomic mass is 33.1. The minimum atomic E-state index is 0.920. The van der Waals surface area contributed by atoms with Gasteiger partial charge in [-0.1, -0.05) is 70.6 Å². The number of aromatic nitrogens is 1. The van der Waals surface area contributed by atoms with Crippen molar-refractivity contribution in [3.05, 3.63) is 120 Å². The third kappa shape index (κ3) is 10.4. The van der Waals surface area contributed by atoms with Gasteiger partial charge in [-0.05, 0) is 55.3 Å². The quantitative estimate of drug-likeness (QED) is 0.0555. The summed E-state index contributed by atoms with van der Waals surface area (Å²) >= 11 is 0. The first-order valence-electron chi connectivity index (χ1n) is 14.7. The van der Waals surface area contributed by atoms with E-state index in [9.17, 15) is 0 Å². The Hall–Kier alpha value is -3.48. The van der Waals surface area contributed by atoms with Crippen LogP contribution in [0.25, 0.3) is 18.2 Å². The molecule has 0 fully saturated rings. The number of nitrogens with zero attached hydrogens (tertiary/aromatic N) is 3. The zero-order valence-corrected chi connectivity index (χ0v) is 27.2. The Bertz CT molecular complexity index is 1390. The van der Waals surface area contributed by atoms with Crippen LogP contribution < -0.4 is 14.8 Å². The maximum absolute atomic E-state index is 3.88. The van der Waals surface area contributed by atoms with Crippen LogP contribution >= 0.6 is 21.6 Å². The summed E-state index contributed by atoms with van der Waals surface area (Å²) in [7, 11) is 6.05. The molecular formula is C36H46N4S2+2. The molecule has 0 bridgehead atoms. The van der Waals surface area contributed by atoms with Crippen molar-refractivity contribution in [2.45, 2.75) is 27.3 Å². The molecule has 42 heavy (non-hydrogen) atoms. The smallest absolute Gasteiger partial charge is 0.205 e. The predicted octanol–water partition coefficient (Wildman–Crippen LogP) is 8.30. The largest absolute Gasteiger partial charge is 0.384 e. The van der Waals surface area contributed by atoms with Gasteiger partial charge in [0, 0.05) is 80.3 Å². The lowest BCUT2D eigenvalue weighted by Gasteiger charge is -2.21. The summed E-state index contributed by atoms with van der Waals surface area (Å²) in [5.41, 5.74) is 7.18. The van der Waals surface area contributed by atoms with Crippen molar-refractivity contribution in [2.75, 3.05) is 48.4 Å². The number of allylic oxidation sites excluding steroid dienone is 3. The molecule has 2 aromatic carbocycles. The van der Waals surface area contributed by atoms with E-state index in [-0.39, 0.29) is 0 Å². The summed E-state index contributed by atoms with van der Waals surface area (Å²) < 4.78 is 4.46. The molecule has 0 aliphatic carbocycles. The van der Waals surface area contributed by atoms with Gasteiger partial charge in [0.1, 0.15) is 19.3 Å². The molecule has 0 unspecified atom stereocenters. The van der Waals surface area contributed by atoms with Crippen LogP contribution in [0.3, 0.4) is 0 Å². The van der Waals surface area contributed by atoms with Crippen LogP contribution in [-0.4, -0.2) is 49.0 Å². The Balaban J connectivity index is 1.46. The Labute approximate surface area is 261 Å². The zero-order valence-electron chi connectivity index (χ0n) is 25.6. The summed E-state index contributed by atoms with van der Waals surface area (Å²) in [5, 5.41) is 3.63. The number of para-hydroxylation sites is 2. The molecule has 3 aromatic rings. The molecule has 3 rings (SSSR count). The van der Waals surface area contributed by atoms with Crippen LogP contribution in [0.5, 0.6) is 0 Å². The standard InChI is InChI=1S/C36H45N4S2/c1-6-16-33(39(7-2)8-3)25-23-32-18-11-13-21-36(32)38(5)28-30-42-41-29-26-37-35-20-12-10-17-31(35)22-24-34-19-14-15-27-40(34)9-4/h6-7,10-25,27H,1,8-9,26,28-30H2,2-5H3/q+1/p+1/b25-23+,33-16-,39-7?. The Morgan fingerprint density at radius 1 is 0.929 bits per heavy atom. The van der Waals surface area contributed by atoms with Gasteiger partial charge < -0.3 is 10.2 Å². The predicted molar refractivity (Wildman–Crippen MR) is 191 cm³/mol. The van der Waals surface area contributed by atoms with Crippen molar-refractivity contribution < 1.29 is 9.14 Å². The molecule has 220 valence electrons. The molecule has 1 heterocycles. The summed E-state index contributed by atoms with van der Waals surface area (Å²) in [6.07, 6.45) is 16.9. The minimum absolute atomic E-state index is 0.920. The highest BCUT2D eigenvalue weighted by Crippen LogP contribution is 2.25. The molecule has 1 N–H and O–H groups in total. The number of rotatable bonds is 17. The number of anilines is 2. The average Bonchev–Trinajstić information content (AvgIpc) is 3.03. The fourth-order valence-electron chi connectivity index (χ4n) is 4.58. The first kappa shape index (κ1) is 33.0. The van der Waals surface area contributed by atoms with Crippen LogP contribution in [0.2, 0.25) is 0 Å². The normalized spacial score (nSPS) is 12.3. The number of hydrogen-bond donors (Lipinski definition) is 1. The van der Waals surface area contributed by atoms with Crippen LogP contribution in [0.15, 0.2) is 103 Å². The Morgan fingerprint density at radius 3 is 2.43 bits per heavy atom. The second-order valence-electron chi connectivity index (χ2n) is 9.59. The van der Waals surface area contributed by atoms with Crippen LogP contribution in [0.1, 0.15) is 37.6 Å². The van der Waals surface area contributed by atoms with E-state index in [0.717, 1.165) is 43.4 Å². The summed E-state index contributed by atoms with van der Waals surface area (Å²) in [4.78, 5) is 2.35. The van der Waals surface area contributed by atoms with Crippen LogP contribution in [0.4, 0.5) is 11.4 Å². The van der Waals surface area contributed by atoms with Crippen molar-refractivity contribution >= 4 is 57.4 Å². The van der Waals surface area contributed by atoms with Gasteiger partial charge in [-0.15, -0.1) is 0 Å². The SMILES string of the molecule is C=C/C=C(/C=C/c1ccccc1N(C)CCSSCCNc1ccccc1/C=C/c1cccc[n+]1CC)[N+](=CC)CC. The van der Waals surface area contributed by atoms with Crippen molar-refractivity contribution in [3.63, 3.8) is 0 Å². The topological polar surface area (TPSA) is 22.2 Å². The fraction of sp³-hybridized carbons (Fsp3) is 0.278. The van der Waals surface area contributed by atoms with Gasteiger partial charge in [0.15, 0.2) is 6.20 Å². The van der Waals surface area contributed by atoms with Gasteiger partial charge in [-0.2, -0.15) is 4.57 Å². The van der Waals surface area contributed by atoms with E-state index < -0.39 is 0 Å². The lowest BCUT2D eigenvalue weighted by Crippen LogP contribution is -2.34. The number of likely N-dealkylation sites (N-methyl/N-ethyl adjacent to an activating group) is 1. The lowest BCUT2D eigenvalue weighted by molar-refractivity contribution is -0.695. The van der Waals surface area contributed by atoms with Gasteiger partial charge >= 0.3 is 0 Å². The summed E-state index contributed by atoms with van der Waals surface area (Å²) in [5.74, 6) is 2.10. The maximum atomic E-state index is 3.88. The molecule has 1 aromatic heterocycles. The van der Waals surface area contributed by atoms with Gasteiger partial charge in [0.2, 0.25) is 11.4 Å². The van der Waals surface area contributed by atoms with Crippen molar-refractivity contribution in [3.8, 4) is 0 Å². The first-order valence-corrected chi connectivity index (χ1v) is 17.2. The second-order valence-corrected chi connectivity index (χ2v) is 12.3. The highest BCUT2D eigenvalue weighted by molar-refractivity contribution is 8.76. The molecule has 0 saturated heterocycles. The lowest BCUT2D eigenvalue weighted by atomic mass is 10.1. The van der Waals surface area contributed by atoms with E-state index in [2.05, 4.69) is 163 Å². The van der Waals surface area contributed by atoms with Crippen LogP contribution in [0, 0.1) is 0 Å². The van der Waals surface area contributed by atoms with Crippen molar-refractivity contribution in [2.24, 2.45) is 0 Å². The third-order valence-electron chi connectivity index (χ3n) is 6.86. The van der Waals surface area contributed by atoms with E-state index in [1.165, 1.54) is 28.2 Å². The van der Waals surface area contributed by atoms with E-state index in [4.69, 9.17) is 0 Å². The van der Waals surface area contributed by atoms with Crippen LogP contribution in [-0.2, 0) is 6.54 Å². The third-order valence-corrected chi connectivity index (χ3v) is 9.25. The monoisotopic (exact) mass is 598 g/mol. The molecule has 4 nitrogen and oxygen atoms in total. The van der Waals surface area contributed by atoms with Gasteiger partial charge in [-0.25, -0.2) is 4.58 Å². The molecule has 0 amide bonds. The molecule has 0 aliphatic heterocycles. The Kier molecular flexibility index (Phi) is 14.8. The number of nitrogens with one attached hydrogen (secondary N) is 1. The van der Waals surface area contributed by atoms with Gasteiger partial charge in [0.25, 0.3) is 0 Å². The second kappa shape index (κ2) is 18.9.